The summed E-state index contributed by atoms with van der Waals surface area (Å²) in [6, 6.07) is 12.4. The first kappa shape index (κ1) is 27.1. The summed E-state index contributed by atoms with van der Waals surface area (Å²) in [5.74, 6) is -2.87. The normalized spacial score (nSPS) is 16.9. The molecule has 1 heterocycles. The third kappa shape index (κ3) is 6.57. The Kier molecular flexibility index (Phi) is 8.72. The van der Waals surface area contributed by atoms with Crippen molar-refractivity contribution in [2.24, 2.45) is 10.9 Å². The molecule has 1 amide bonds. The number of amides is 1. The van der Waals surface area contributed by atoms with Crippen molar-refractivity contribution in [1.82, 2.24) is 0 Å². The van der Waals surface area contributed by atoms with Crippen LogP contribution in [0.1, 0.15) is 32.3 Å². The van der Waals surface area contributed by atoms with Crippen LogP contribution in [-0.2, 0) is 23.9 Å². The van der Waals surface area contributed by atoms with Gasteiger partial charge in [-0.2, -0.15) is 0 Å². The SMILES string of the molecule is COC(=O)C1C(C)=NC(C)=C(C(=O)OCCOc2ccc(NC(C)=O)cc2)[C@@H]1c1cccc([N+](=O)[O-])c1. The summed E-state index contributed by atoms with van der Waals surface area (Å²) < 4.78 is 16.0. The van der Waals surface area contributed by atoms with E-state index in [0.717, 1.165) is 0 Å². The Morgan fingerprint density at radius 3 is 2.41 bits per heavy atom. The zero-order chi connectivity index (χ0) is 27.1. The first-order valence-electron chi connectivity index (χ1n) is 11.4. The van der Waals surface area contributed by atoms with Crippen LogP contribution in [0.4, 0.5) is 11.4 Å². The molecule has 2 aromatic rings. The van der Waals surface area contributed by atoms with Gasteiger partial charge in [0.05, 0.1) is 17.6 Å². The Bertz CT molecular complexity index is 1270. The molecular formula is C26H27N3O8. The van der Waals surface area contributed by atoms with E-state index in [4.69, 9.17) is 14.2 Å². The molecule has 11 nitrogen and oxygen atoms in total. The Hall–Kier alpha value is -4.54. The molecule has 0 saturated heterocycles. The summed E-state index contributed by atoms with van der Waals surface area (Å²) in [5.41, 5.74) is 1.71. The van der Waals surface area contributed by atoms with Gasteiger partial charge in [0, 0.05) is 42.1 Å². The molecule has 0 fully saturated rings. The molecule has 0 aliphatic carbocycles. The number of carbonyl (C=O) groups excluding carboxylic acids is 3. The Morgan fingerprint density at radius 2 is 1.78 bits per heavy atom. The predicted octanol–water partition coefficient (Wildman–Crippen LogP) is 3.80. The highest BCUT2D eigenvalue weighted by molar-refractivity contribution is 6.07. The van der Waals surface area contributed by atoms with E-state index in [-0.39, 0.29) is 30.4 Å². The molecule has 37 heavy (non-hydrogen) atoms. The van der Waals surface area contributed by atoms with Gasteiger partial charge in [-0.1, -0.05) is 12.1 Å². The molecule has 0 radical (unpaired) electrons. The number of methoxy groups -OCH3 is 1. The van der Waals surface area contributed by atoms with Crippen LogP contribution in [0.5, 0.6) is 5.75 Å². The van der Waals surface area contributed by atoms with E-state index in [9.17, 15) is 24.5 Å². The molecule has 0 spiro atoms. The second kappa shape index (κ2) is 11.9. The Balaban J connectivity index is 1.78. The Labute approximate surface area is 213 Å². The van der Waals surface area contributed by atoms with Crippen molar-refractivity contribution >= 4 is 34.9 Å². The van der Waals surface area contributed by atoms with Crippen LogP contribution >= 0.6 is 0 Å². The fraction of sp³-hybridized carbons (Fsp3) is 0.308. The van der Waals surface area contributed by atoms with Crippen LogP contribution in [0.25, 0.3) is 0 Å². The van der Waals surface area contributed by atoms with E-state index in [2.05, 4.69) is 10.3 Å². The second-order valence-corrected chi connectivity index (χ2v) is 8.27. The van der Waals surface area contributed by atoms with Crippen molar-refractivity contribution in [2.75, 3.05) is 25.6 Å². The van der Waals surface area contributed by atoms with Gasteiger partial charge in [0.15, 0.2) is 0 Å². The number of hydrogen-bond acceptors (Lipinski definition) is 9. The number of rotatable bonds is 9. The molecule has 1 aliphatic rings. The molecule has 2 atom stereocenters. The zero-order valence-electron chi connectivity index (χ0n) is 20.8. The van der Waals surface area contributed by atoms with Gasteiger partial charge in [-0.25, -0.2) is 4.79 Å². The third-order valence-electron chi connectivity index (χ3n) is 5.70. The number of carbonyl (C=O) groups is 3. The number of non-ortho nitro benzene ring substituents is 1. The summed E-state index contributed by atoms with van der Waals surface area (Å²) in [4.78, 5) is 52.2. The molecule has 0 aromatic heterocycles. The number of allylic oxidation sites excluding steroid dienone is 1. The number of aliphatic imine (C=N–C) groups is 1. The van der Waals surface area contributed by atoms with Crippen molar-refractivity contribution in [3.8, 4) is 5.75 Å². The number of nitrogens with one attached hydrogen (secondary N) is 1. The lowest BCUT2D eigenvalue weighted by atomic mass is 9.75. The fourth-order valence-corrected chi connectivity index (χ4v) is 4.14. The summed E-state index contributed by atoms with van der Waals surface area (Å²) in [5, 5.41) is 14.0. The average molecular weight is 510 g/mol. The maximum atomic E-state index is 13.2. The average Bonchev–Trinajstić information content (AvgIpc) is 2.86. The molecule has 1 N–H and O–H groups in total. The molecule has 194 valence electrons. The lowest BCUT2D eigenvalue weighted by molar-refractivity contribution is -0.384. The topological polar surface area (TPSA) is 146 Å². The summed E-state index contributed by atoms with van der Waals surface area (Å²) in [7, 11) is 1.23. The number of nitro benzene ring substituents is 1. The number of benzene rings is 2. The first-order valence-corrected chi connectivity index (χ1v) is 11.4. The minimum Gasteiger partial charge on any atom is -0.490 e. The minimum absolute atomic E-state index is 0.0434. The molecule has 3 rings (SSSR count). The van der Waals surface area contributed by atoms with Gasteiger partial charge in [0.25, 0.3) is 5.69 Å². The number of nitrogens with zero attached hydrogens (tertiary/aromatic N) is 2. The van der Waals surface area contributed by atoms with Crippen LogP contribution in [-0.4, -0.2) is 48.8 Å². The van der Waals surface area contributed by atoms with Crippen LogP contribution < -0.4 is 10.1 Å². The largest absolute Gasteiger partial charge is 0.490 e. The number of nitro groups is 1. The van der Waals surface area contributed by atoms with E-state index in [1.54, 1.807) is 44.2 Å². The van der Waals surface area contributed by atoms with Gasteiger partial charge < -0.3 is 19.5 Å². The van der Waals surface area contributed by atoms with Crippen LogP contribution in [0, 0.1) is 16.0 Å². The third-order valence-corrected chi connectivity index (χ3v) is 5.70. The van der Waals surface area contributed by atoms with Gasteiger partial charge in [-0.15, -0.1) is 0 Å². The molecule has 11 heteroatoms. The monoisotopic (exact) mass is 509 g/mol. The van der Waals surface area contributed by atoms with Gasteiger partial charge in [0.1, 0.15) is 24.9 Å². The van der Waals surface area contributed by atoms with E-state index < -0.39 is 28.7 Å². The van der Waals surface area contributed by atoms with Crippen molar-refractivity contribution in [3.63, 3.8) is 0 Å². The minimum atomic E-state index is -0.961. The van der Waals surface area contributed by atoms with Crippen molar-refractivity contribution in [1.29, 1.82) is 0 Å². The predicted molar refractivity (Wildman–Crippen MR) is 134 cm³/mol. The van der Waals surface area contributed by atoms with E-state index >= 15 is 0 Å². The highest BCUT2D eigenvalue weighted by Gasteiger charge is 2.42. The molecule has 0 saturated carbocycles. The molecular weight excluding hydrogens is 482 g/mol. The summed E-state index contributed by atoms with van der Waals surface area (Å²) in [6.45, 7) is 4.61. The highest BCUT2D eigenvalue weighted by Crippen LogP contribution is 2.40. The summed E-state index contributed by atoms with van der Waals surface area (Å²) in [6.07, 6.45) is 0. The maximum absolute atomic E-state index is 13.2. The van der Waals surface area contributed by atoms with Crippen molar-refractivity contribution in [2.45, 2.75) is 26.7 Å². The van der Waals surface area contributed by atoms with Crippen LogP contribution in [0.2, 0.25) is 0 Å². The number of anilines is 1. The quantitative estimate of drug-likeness (QED) is 0.232. The molecule has 0 bridgehead atoms. The summed E-state index contributed by atoms with van der Waals surface area (Å²) >= 11 is 0. The Morgan fingerprint density at radius 1 is 1.08 bits per heavy atom. The lowest BCUT2D eigenvalue weighted by Gasteiger charge is -2.31. The van der Waals surface area contributed by atoms with Gasteiger partial charge >= 0.3 is 11.9 Å². The van der Waals surface area contributed by atoms with Gasteiger partial charge in [-0.3, -0.25) is 24.7 Å². The number of hydrogen-bond donors (Lipinski definition) is 1. The van der Waals surface area contributed by atoms with Crippen molar-refractivity contribution in [3.05, 3.63) is 75.5 Å². The first-order chi connectivity index (χ1) is 17.6. The zero-order valence-corrected chi connectivity index (χ0v) is 20.8. The van der Waals surface area contributed by atoms with E-state index in [1.807, 2.05) is 0 Å². The molecule has 1 aliphatic heterocycles. The highest BCUT2D eigenvalue weighted by atomic mass is 16.6. The van der Waals surface area contributed by atoms with Crippen molar-refractivity contribution < 1.29 is 33.5 Å². The molecule has 2 aromatic carbocycles. The van der Waals surface area contributed by atoms with Crippen LogP contribution in [0.15, 0.2) is 64.8 Å². The van der Waals surface area contributed by atoms with E-state index in [0.29, 0.717) is 28.4 Å². The second-order valence-electron chi connectivity index (χ2n) is 8.27. The smallest absolute Gasteiger partial charge is 0.336 e. The van der Waals surface area contributed by atoms with Crippen LogP contribution in [0.3, 0.4) is 0 Å². The maximum Gasteiger partial charge on any atom is 0.336 e. The standard InChI is InChI=1S/C26H27N3O8/c1-15-22(25(31)35-4)24(18-6-5-7-20(14-18)29(33)34)23(16(2)27-15)26(32)37-13-12-36-21-10-8-19(9-11-21)28-17(3)30/h5-11,14,22,24H,12-13H2,1-4H3,(H,28,30)/t22?,24-/m1/s1. The lowest BCUT2D eigenvalue weighted by Crippen LogP contribution is -2.36. The fourth-order valence-electron chi connectivity index (χ4n) is 4.14. The van der Waals surface area contributed by atoms with Gasteiger partial charge in [-0.05, 0) is 43.7 Å². The number of esters is 2. The number of ether oxygens (including phenoxy) is 3. The molecule has 1 unspecified atom stereocenters. The van der Waals surface area contributed by atoms with E-state index in [1.165, 1.54) is 32.2 Å². The van der Waals surface area contributed by atoms with Gasteiger partial charge in [0.2, 0.25) is 5.91 Å².